The normalized spacial score (nSPS) is 10.8. The molecule has 0 radical (unpaired) electrons. The van der Waals surface area contributed by atoms with Gasteiger partial charge in [-0.2, -0.15) is 4.98 Å². The van der Waals surface area contributed by atoms with E-state index in [1.54, 1.807) is 54.9 Å². The summed E-state index contributed by atoms with van der Waals surface area (Å²) >= 11 is 0. The fraction of sp³-hybridized carbons (Fsp3) is 0.130. The number of ether oxygens (including phenoxy) is 1. The van der Waals surface area contributed by atoms with Crippen LogP contribution in [0.5, 0.6) is 5.75 Å². The Morgan fingerprint density at radius 2 is 1.73 bits per heavy atom. The number of nitrogens with one attached hydrogen (secondary N) is 1. The number of nitrogens with zero attached hydrogens (tertiary/aromatic N) is 3. The Labute approximate surface area is 173 Å². The molecule has 1 N–H and O–H groups in total. The third-order valence-electron chi connectivity index (χ3n) is 4.26. The van der Waals surface area contributed by atoms with E-state index in [9.17, 15) is 4.79 Å². The van der Waals surface area contributed by atoms with Crippen LogP contribution in [0.25, 0.3) is 22.8 Å². The Kier molecular flexibility index (Phi) is 5.52. The summed E-state index contributed by atoms with van der Waals surface area (Å²) in [5, 5.41) is 6.95. The van der Waals surface area contributed by atoms with Gasteiger partial charge in [0.2, 0.25) is 5.82 Å². The van der Waals surface area contributed by atoms with E-state index >= 15 is 0 Å². The largest absolute Gasteiger partial charge is 0.491 e. The van der Waals surface area contributed by atoms with Crippen LogP contribution >= 0.6 is 0 Å². The van der Waals surface area contributed by atoms with Gasteiger partial charge in [0.1, 0.15) is 5.75 Å². The van der Waals surface area contributed by atoms with Crippen LogP contribution in [0, 0.1) is 0 Å². The van der Waals surface area contributed by atoms with Crippen molar-refractivity contribution in [2.75, 3.05) is 5.32 Å². The summed E-state index contributed by atoms with van der Waals surface area (Å²) in [5.74, 6) is 1.25. The summed E-state index contributed by atoms with van der Waals surface area (Å²) in [6.45, 7) is 3.91. The molecule has 30 heavy (non-hydrogen) atoms. The van der Waals surface area contributed by atoms with Crippen LogP contribution in [0.3, 0.4) is 0 Å². The average Bonchev–Trinajstić information content (AvgIpc) is 3.25. The third kappa shape index (κ3) is 4.35. The minimum absolute atomic E-state index is 0.0722. The van der Waals surface area contributed by atoms with Gasteiger partial charge in [-0.05, 0) is 62.4 Å². The van der Waals surface area contributed by atoms with E-state index in [-0.39, 0.29) is 12.0 Å². The van der Waals surface area contributed by atoms with E-state index in [0.717, 1.165) is 11.3 Å². The second-order valence-corrected chi connectivity index (χ2v) is 6.85. The number of para-hydroxylation sites is 1. The van der Waals surface area contributed by atoms with E-state index in [1.807, 2.05) is 32.0 Å². The maximum atomic E-state index is 12.7. The number of amides is 1. The highest BCUT2D eigenvalue weighted by atomic mass is 16.5. The molecule has 0 fully saturated rings. The molecule has 0 aliphatic heterocycles. The molecule has 0 atom stereocenters. The zero-order valence-electron chi connectivity index (χ0n) is 16.6. The van der Waals surface area contributed by atoms with Crippen LogP contribution in [-0.4, -0.2) is 27.1 Å². The van der Waals surface area contributed by atoms with Gasteiger partial charge in [0.15, 0.2) is 0 Å². The van der Waals surface area contributed by atoms with Gasteiger partial charge < -0.3 is 14.6 Å². The van der Waals surface area contributed by atoms with Gasteiger partial charge in [-0.1, -0.05) is 17.3 Å². The molecule has 0 unspecified atom stereocenters. The minimum Gasteiger partial charge on any atom is -0.491 e. The van der Waals surface area contributed by atoms with E-state index in [1.165, 1.54) is 0 Å². The molecule has 7 heteroatoms. The molecule has 0 spiro atoms. The standard InChI is InChI=1S/C23H20N4O3/c1-15(2)29-18-9-7-17(8-10-18)22(28)25-20-6-4-3-5-19(20)23-26-21(27-30-23)16-11-13-24-14-12-16/h3-15H,1-2H3,(H,25,28). The summed E-state index contributed by atoms with van der Waals surface area (Å²) in [6, 6.07) is 17.9. The van der Waals surface area contributed by atoms with Crippen LogP contribution in [-0.2, 0) is 0 Å². The van der Waals surface area contributed by atoms with Crippen molar-refractivity contribution in [3.63, 3.8) is 0 Å². The van der Waals surface area contributed by atoms with Crippen molar-refractivity contribution >= 4 is 11.6 Å². The molecule has 7 nitrogen and oxygen atoms in total. The van der Waals surface area contributed by atoms with Gasteiger partial charge >= 0.3 is 0 Å². The summed E-state index contributed by atoms with van der Waals surface area (Å²) < 4.78 is 11.1. The molecular weight excluding hydrogens is 380 g/mol. The van der Waals surface area contributed by atoms with Crippen molar-refractivity contribution < 1.29 is 14.1 Å². The molecule has 4 rings (SSSR count). The number of carbonyl (C=O) groups is 1. The number of rotatable bonds is 6. The fourth-order valence-corrected chi connectivity index (χ4v) is 2.88. The Hall–Kier alpha value is -4.00. The Morgan fingerprint density at radius 1 is 1.00 bits per heavy atom. The summed E-state index contributed by atoms with van der Waals surface area (Å²) in [5.41, 5.74) is 2.53. The van der Waals surface area contributed by atoms with Crippen LogP contribution in [0.1, 0.15) is 24.2 Å². The minimum atomic E-state index is -0.243. The van der Waals surface area contributed by atoms with Crippen molar-refractivity contribution in [1.29, 1.82) is 0 Å². The van der Waals surface area contributed by atoms with Crippen molar-refractivity contribution in [3.8, 4) is 28.6 Å². The highest BCUT2D eigenvalue weighted by molar-refractivity contribution is 6.06. The predicted molar refractivity (Wildman–Crippen MR) is 113 cm³/mol. The number of pyridine rings is 1. The predicted octanol–water partition coefficient (Wildman–Crippen LogP) is 4.84. The molecule has 1 amide bonds. The van der Waals surface area contributed by atoms with Crippen LogP contribution < -0.4 is 10.1 Å². The van der Waals surface area contributed by atoms with E-state index < -0.39 is 0 Å². The summed E-state index contributed by atoms with van der Waals surface area (Å²) in [4.78, 5) is 21.2. The highest BCUT2D eigenvalue weighted by Crippen LogP contribution is 2.29. The van der Waals surface area contributed by atoms with Crippen molar-refractivity contribution in [2.24, 2.45) is 0 Å². The van der Waals surface area contributed by atoms with Gasteiger partial charge in [-0.15, -0.1) is 0 Å². The molecule has 2 heterocycles. The Morgan fingerprint density at radius 3 is 2.47 bits per heavy atom. The van der Waals surface area contributed by atoms with Crippen molar-refractivity contribution in [1.82, 2.24) is 15.1 Å². The van der Waals surface area contributed by atoms with Crippen molar-refractivity contribution in [3.05, 3.63) is 78.6 Å². The maximum absolute atomic E-state index is 12.7. The quantitative estimate of drug-likeness (QED) is 0.498. The number of anilines is 1. The number of benzene rings is 2. The Bertz CT molecular complexity index is 1140. The SMILES string of the molecule is CC(C)Oc1ccc(C(=O)Nc2ccccc2-c2nc(-c3ccncc3)no2)cc1. The van der Waals surface area contributed by atoms with Crippen LogP contribution in [0.2, 0.25) is 0 Å². The topological polar surface area (TPSA) is 90.1 Å². The number of aromatic nitrogens is 3. The lowest BCUT2D eigenvalue weighted by Crippen LogP contribution is -2.13. The lowest BCUT2D eigenvalue weighted by atomic mass is 10.1. The van der Waals surface area contributed by atoms with Gasteiger partial charge in [0.25, 0.3) is 11.8 Å². The molecular formula is C23H20N4O3. The second kappa shape index (κ2) is 8.57. The average molecular weight is 400 g/mol. The molecule has 0 aliphatic carbocycles. The number of hydrogen-bond donors (Lipinski definition) is 1. The van der Waals surface area contributed by atoms with Gasteiger partial charge in [0, 0.05) is 23.5 Å². The van der Waals surface area contributed by atoms with E-state index in [0.29, 0.717) is 28.5 Å². The van der Waals surface area contributed by atoms with Gasteiger partial charge in [-0.3, -0.25) is 9.78 Å². The molecule has 2 aromatic carbocycles. The van der Waals surface area contributed by atoms with Gasteiger partial charge in [-0.25, -0.2) is 0 Å². The van der Waals surface area contributed by atoms with Crippen LogP contribution in [0.4, 0.5) is 5.69 Å². The zero-order chi connectivity index (χ0) is 20.9. The Balaban J connectivity index is 1.55. The van der Waals surface area contributed by atoms with E-state index in [2.05, 4.69) is 20.4 Å². The first-order chi connectivity index (χ1) is 14.6. The zero-order valence-corrected chi connectivity index (χ0v) is 16.6. The number of carbonyl (C=O) groups excluding carboxylic acids is 1. The van der Waals surface area contributed by atoms with Gasteiger partial charge in [0.05, 0.1) is 17.4 Å². The van der Waals surface area contributed by atoms with Crippen LogP contribution in [0.15, 0.2) is 77.6 Å². The summed E-state index contributed by atoms with van der Waals surface area (Å²) in [6.07, 6.45) is 3.40. The lowest BCUT2D eigenvalue weighted by Gasteiger charge is -2.11. The van der Waals surface area contributed by atoms with E-state index in [4.69, 9.17) is 9.26 Å². The molecule has 150 valence electrons. The monoisotopic (exact) mass is 400 g/mol. The molecule has 0 bridgehead atoms. The third-order valence-corrected chi connectivity index (χ3v) is 4.26. The maximum Gasteiger partial charge on any atom is 0.260 e. The first-order valence-corrected chi connectivity index (χ1v) is 9.52. The second-order valence-electron chi connectivity index (χ2n) is 6.85. The fourth-order valence-electron chi connectivity index (χ4n) is 2.88. The lowest BCUT2D eigenvalue weighted by molar-refractivity contribution is 0.102. The molecule has 0 saturated heterocycles. The summed E-state index contributed by atoms with van der Waals surface area (Å²) in [7, 11) is 0. The van der Waals surface area contributed by atoms with Crippen molar-refractivity contribution in [2.45, 2.75) is 20.0 Å². The molecule has 4 aromatic rings. The number of hydrogen-bond acceptors (Lipinski definition) is 6. The first kappa shape index (κ1) is 19.3. The molecule has 0 aliphatic rings. The first-order valence-electron chi connectivity index (χ1n) is 9.52. The molecule has 0 saturated carbocycles. The highest BCUT2D eigenvalue weighted by Gasteiger charge is 2.16. The smallest absolute Gasteiger partial charge is 0.260 e. The molecule has 2 aromatic heterocycles.